The summed E-state index contributed by atoms with van der Waals surface area (Å²) in [6.45, 7) is 4.00. The Kier molecular flexibility index (Phi) is 4.40. The van der Waals surface area contributed by atoms with Gasteiger partial charge in [0, 0.05) is 11.1 Å². The van der Waals surface area contributed by atoms with Crippen LogP contribution in [0, 0.1) is 0 Å². The summed E-state index contributed by atoms with van der Waals surface area (Å²) in [5.74, 6) is 0. The van der Waals surface area contributed by atoms with E-state index in [0.29, 0.717) is 11.1 Å². The normalized spacial score (nSPS) is 9.12. The van der Waals surface area contributed by atoms with Crippen molar-refractivity contribution in [1.82, 2.24) is 0 Å². The molecule has 0 aliphatic carbocycles. The Bertz CT molecular complexity index is 455. The van der Waals surface area contributed by atoms with E-state index in [2.05, 4.69) is 0 Å². The number of carbonyl (C=O) groups is 2. The molecule has 0 saturated carbocycles. The highest BCUT2D eigenvalue weighted by atomic mass is 16.1. The molecule has 0 atom stereocenters. The fraction of sp³-hybridized carbons (Fsp3) is 0.143. The van der Waals surface area contributed by atoms with Crippen LogP contribution in [0.1, 0.15) is 34.6 Å². The van der Waals surface area contributed by atoms with Crippen LogP contribution in [0.25, 0.3) is 10.8 Å². The van der Waals surface area contributed by atoms with Gasteiger partial charge in [0.05, 0.1) is 0 Å². The van der Waals surface area contributed by atoms with Crippen molar-refractivity contribution in [3.05, 3.63) is 47.5 Å². The maximum Gasteiger partial charge on any atom is 0.150 e. The van der Waals surface area contributed by atoms with E-state index >= 15 is 0 Å². The maximum atomic E-state index is 10.7. The Balaban J connectivity index is 0.000000606. The van der Waals surface area contributed by atoms with Gasteiger partial charge >= 0.3 is 0 Å². The number of carbonyl (C=O) groups excluding carboxylic acids is 2. The summed E-state index contributed by atoms with van der Waals surface area (Å²) < 4.78 is 0. The van der Waals surface area contributed by atoms with Crippen LogP contribution in [0.15, 0.2) is 36.4 Å². The lowest BCUT2D eigenvalue weighted by atomic mass is 10.0. The van der Waals surface area contributed by atoms with Gasteiger partial charge in [-0.15, -0.1) is 0 Å². The lowest BCUT2D eigenvalue weighted by Crippen LogP contribution is -1.88. The Morgan fingerprint density at radius 1 is 0.750 bits per heavy atom. The molecule has 2 aromatic carbocycles. The fourth-order valence-electron chi connectivity index (χ4n) is 1.55. The zero-order valence-corrected chi connectivity index (χ0v) is 9.44. The lowest BCUT2D eigenvalue weighted by molar-refractivity contribution is 0.111. The van der Waals surface area contributed by atoms with Gasteiger partial charge < -0.3 is 0 Å². The predicted octanol–water partition coefficient (Wildman–Crippen LogP) is 3.49. The van der Waals surface area contributed by atoms with E-state index in [-0.39, 0.29) is 0 Å². The number of hydrogen-bond acceptors (Lipinski definition) is 2. The molecule has 2 heteroatoms. The molecule has 0 aromatic heterocycles. The van der Waals surface area contributed by atoms with Crippen molar-refractivity contribution in [2.75, 3.05) is 0 Å². The first kappa shape index (κ1) is 12.1. The standard InChI is InChI=1S/C12H8O2.C2H6/c13-7-9-5-6-10(8-14)12-4-2-1-3-11(9)12;1-2/h1-8H;1-2H3. The Morgan fingerprint density at radius 3 is 1.44 bits per heavy atom. The van der Waals surface area contributed by atoms with Gasteiger partial charge in [-0.1, -0.05) is 50.2 Å². The molecule has 0 fully saturated rings. The number of fused-ring (bicyclic) bond motifs is 1. The van der Waals surface area contributed by atoms with Gasteiger partial charge in [0.1, 0.15) is 0 Å². The van der Waals surface area contributed by atoms with Crippen LogP contribution in [-0.4, -0.2) is 12.6 Å². The fourth-order valence-corrected chi connectivity index (χ4v) is 1.55. The van der Waals surface area contributed by atoms with Gasteiger partial charge in [-0.05, 0) is 10.8 Å². The van der Waals surface area contributed by atoms with Crippen molar-refractivity contribution < 1.29 is 9.59 Å². The number of hydrogen-bond donors (Lipinski definition) is 0. The van der Waals surface area contributed by atoms with Crippen molar-refractivity contribution >= 4 is 23.3 Å². The van der Waals surface area contributed by atoms with Crippen LogP contribution in [-0.2, 0) is 0 Å². The summed E-state index contributed by atoms with van der Waals surface area (Å²) in [5, 5.41) is 1.65. The average molecular weight is 214 g/mol. The van der Waals surface area contributed by atoms with Crippen LogP contribution in [0.3, 0.4) is 0 Å². The second kappa shape index (κ2) is 5.81. The van der Waals surface area contributed by atoms with Crippen LogP contribution in [0.2, 0.25) is 0 Å². The molecule has 16 heavy (non-hydrogen) atoms. The predicted molar refractivity (Wildman–Crippen MR) is 66.1 cm³/mol. The third-order valence-corrected chi connectivity index (χ3v) is 2.25. The summed E-state index contributed by atoms with van der Waals surface area (Å²) in [4.78, 5) is 21.5. The minimum absolute atomic E-state index is 0.617. The summed E-state index contributed by atoms with van der Waals surface area (Å²) in [6.07, 6.45) is 1.60. The monoisotopic (exact) mass is 214 g/mol. The summed E-state index contributed by atoms with van der Waals surface area (Å²) in [6, 6.07) is 10.7. The third kappa shape index (κ3) is 2.16. The van der Waals surface area contributed by atoms with Crippen molar-refractivity contribution in [2.24, 2.45) is 0 Å². The third-order valence-electron chi connectivity index (χ3n) is 2.25. The number of rotatable bonds is 2. The van der Waals surface area contributed by atoms with Crippen LogP contribution < -0.4 is 0 Å². The molecule has 0 amide bonds. The highest BCUT2D eigenvalue weighted by Crippen LogP contribution is 2.20. The Labute approximate surface area is 94.9 Å². The highest BCUT2D eigenvalue weighted by Gasteiger charge is 2.03. The van der Waals surface area contributed by atoms with E-state index in [1.54, 1.807) is 12.1 Å². The Hall–Kier alpha value is -1.96. The minimum Gasteiger partial charge on any atom is -0.298 e. The molecule has 0 aliphatic heterocycles. The van der Waals surface area contributed by atoms with E-state index in [1.807, 2.05) is 38.1 Å². The molecule has 2 aromatic rings. The molecule has 2 nitrogen and oxygen atoms in total. The molecule has 0 heterocycles. The summed E-state index contributed by atoms with van der Waals surface area (Å²) >= 11 is 0. The second-order valence-corrected chi connectivity index (χ2v) is 3.03. The van der Waals surface area contributed by atoms with Crippen LogP contribution in [0.5, 0.6) is 0 Å². The average Bonchev–Trinajstić information content (AvgIpc) is 2.39. The van der Waals surface area contributed by atoms with Crippen molar-refractivity contribution in [3.8, 4) is 0 Å². The first-order valence-corrected chi connectivity index (χ1v) is 5.29. The van der Waals surface area contributed by atoms with E-state index in [0.717, 1.165) is 23.3 Å². The van der Waals surface area contributed by atoms with Crippen LogP contribution in [0.4, 0.5) is 0 Å². The topological polar surface area (TPSA) is 34.1 Å². The molecule has 0 radical (unpaired) electrons. The molecule has 0 saturated heterocycles. The van der Waals surface area contributed by atoms with Gasteiger partial charge in [-0.2, -0.15) is 0 Å². The van der Waals surface area contributed by atoms with Crippen molar-refractivity contribution in [3.63, 3.8) is 0 Å². The SMILES string of the molecule is CC.O=Cc1ccc(C=O)c2ccccc12. The van der Waals surface area contributed by atoms with E-state index in [4.69, 9.17) is 0 Å². The lowest BCUT2D eigenvalue weighted by Gasteiger charge is -2.02. The zero-order chi connectivity index (χ0) is 12.0. The first-order valence-electron chi connectivity index (χ1n) is 5.29. The van der Waals surface area contributed by atoms with E-state index in [1.165, 1.54) is 0 Å². The van der Waals surface area contributed by atoms with Crippen molar-refractivity contribution in [2.45, 2.75) is 13.8 Å². The van der Waals surface area contributed by atoms with Gasteiger partial charge in [0.2, 0.25) is 0 Å². The highest BCUT2D eigenvalue weighted by molar-refractivity contribution is 6.05. The van der Waals surface area contributed by atoms with Gasteiger partial charge in [0.15, 0.2) is 12.6 Å². The molecule has 2 rings (SSSR count). The number of benzene rings is 2. The van der Waals surface area contributed by atoms with Crippen LogP contribution >= 0.6 is 0 Å². The Morgan fingerprint density at radius 2 is 1.12 bits per heavy atom. The second-order valence-electron chi connectivity index (χ2n) is 3.03. The van der Waals surface area contributed by atoms with Gasteiger partial charge in [0.25, 0.3) is 0 Å². The molecule has 0 aliphatic rings. The smallest absolute Gasteiger partial charge is 0.150 e. The zero-order valence-electron chi connectivity index (χ0n) is 9.44. The molecule has 0 bridgehead atoms. The van der Waals surface area contributed by atoms with E-state index in [9.17, 15) is 9.59 Å². The molecule has 0 spiro atoms. The molecule has 0 N–H and O–H groups in total. The quantitative estimate of drug-likeness (QED) is 0.717. The van der Waals surface area contributed by atoms with E-state index < -0.39 is 0 Å². The number of aldehydes is 2. The summed E-state index contributed by atoms with van der Waals surface area (Å²) in [5.41, 5.74) is 1.23. The van der Waals surface area contributed by atoms with Gasteiger partial charge in [-0.25, -0.2) is 0 Å². The maximum absolute atomic E-state index is 10.7. The largest absolute Gasteiger partial charge is 0.298 e. The minimum atomic E-state index is 0.617. The van der Waals surface area contributed by atoms with Crippen molar-refractivity contribution in [1.29, 1.82) is 0 Å². The van der Waals surface area contributed by atoms with Gasteiger partial charge in [-0.3, -0.25) is 9.59 Å². The molecular formula is C14H14O2. The summed E-state index contributed by atoms with van der Waals surface area (Å²) in [7, 11) is 0. The molecular weight excluding hydrogens is 200 g/mol. The molecule has 0 unspecified atom stereocenters. The molecule has 82 valence electrons. The first-order chi connectivity index (χ1) is 7.86.